The maximum Gasteiger partial charge on any atom is 0.274 e. The van der Waals surface area contributed by atoms with Crippen LogP contribution in [0.5, 0.6) is 0 Å². The Morgan fingerprint density at radius 1 is 1.43 bits per heavy atom. The molecule has 6 heteroatoms. The van der Waals surface area contributed by atoms with Crippen molar-refractivity contribution in [1.29, 1.82) is 0 Å². The highest BCUT2D eigenvalue weighted by molar-refractivity contribution is 9.10. The van der Waals surface area contributed by atoms with E-state index >= 15 is 0 Å². The third kappa shape index (κ3) is 3.95. The standard InChI is InChI=1S/C15H22BrN3O2/c1-10-8-13(16)14(9-15(10)19(20)21)17-11(2)12-4-6-18(3)7-5-12/h8-9,11-12,17H,4-7H2,1-3H3. The number of aryl methyl sites for hydroxylation is 1. The lowest BCUT2D eigenvalue weighted by atomic mass is 9.90. The minimum absolute atomic E-state index is 0.163. The normalized spacial score (nSPS) is 18.5. The van der Waals surface area contributed by atoms with E-state index in [1.807, 2.05) is 6.07 Å². The molecule has 1 saturated heterocycles. The van der Waals surface area contributed by atoms with Crippen LogP contribution in [0.3, 0.4) is 0 Å². The summed E-state index contributed by atoms with van der Waals surface area (Å²) < 4.78 is 0.880. The highest BCUT2D eigenvalue weighted by Gasteiger charge is 2.23. The van der Waals surface area contributed by atoms with E-state index in [0.717, 1.165) is 36.1 Å². The summed E-state index contributed by atoms with van der Waals surface area (Å²) in [5.41, 5.74) is 1.64. The summed E-state index contributed by atoms with van der Waals surface area (Å²) in [7, 11) is 2.15. The van der Waals surface area contributed by atoms with Gasteiger partial charge < -0.3 is 10.2 Å². The van der Waals surface area contributed by atoms with Gasteiger partial charge in [0.15, 0.2) is 0 Å². The van der Waals surface area contributed by atoms with E-state index in [4.69, 9.17) is 0 Å². The molecule has 1 fully saturated rings. The number of halogens is 1. The van der Waals surface area contributed by atoms with Crippen molar-refractivity contribution in [1.82, 2.24) is 4.90 Å². The molecule has 0 saturated carbocycles. The molecule has 0 bridgehead atoms. The Morgan fingerprint density at radius 2 is 2.05 bits per heavy atom. The number of benzene rings is 1. The minimum atomic E-state index is -0.326. The van der Waals surface area contributed by atoms with Gasteiger partial charge >= 0.3 is 0 Å². The van der Waals surface area contributed by atoms with E-state index in [-0.39, 0.29) is 10.6 Å². The van der Waals surface area contributed by atoms with Crippen LogP contribution in [0, 0.1) is 23.0 Å². The van der Waals surface area contributed by atoms with Gasteiger partial charge in [0.1, 0.15) is 0 Å². The molecule has 5 nitrogen and oxygen atoms in total. The van der Waals surface area contributed by atoms with Crippen molar-refractivity contribution in [3.05, 3.63) is 32.3 Å². The van der Waals surface area contributed by atoms with Crippen LogP contribution in [0.2, 0.25) is 0 Å². The number of nitro groups is 1. The molecule has 1 N–H and O–H groups in total. The number of likely N-dealkylation sites (tertiary alicyclic amines) is 1. The van der Waals surface area contributed by atoms with Gasteiger partial charge in [-0.05, 0) is 74.7 Å². The molecule has 1 aliphatic rings. The van der Waals surface area contributed by atoms with Crippen LogP contribution in [0.4, 0.5) is 11.4 Å². The van der Waals surface area contributed by atoms with Gasteiger partial charge in [-0.25, -0.2) is 0 Å². The van der Waals surface area contributed by atoms with Crippen LogP contribution in [0.25, 0.3) is 0 Å². The number of nitro benzene ring substituents is 1. The molecule has 116 valence electrons. The third-order valence-electron chi connectivity index (χ3n) is 4.34. The molecule has 21 heavy (non-hydrogen) atoms. The molecule has 1 aromatic carbocycles. The van der Waals surface area contributed by atoms with Gasteiger partial charge in [0, 0.05) is 22.1 Å². The topological polar surface area (TPSA) is 58.4 Å². The lowest BCUT2D eigenvalue weighted by Gasteiger charge is -2.33. The smallest absolute Gasteiger partial charge is 0.274 e. The number of nitrogens with zero attached hydrogens (tertiary/aromatic N) is 2. The number of rotatable bonds is 4. The fourth-order valence-electron chi connectivity index (χ4n) is 2.86. The molecule has 0 amide bonds. The first-order valence-electron chi connectivity index (χ1n) is 7.28. The van der Waals surface area contributed by atoms with Crippen molar-refractivity contribution < 1.29 is 4.92 Å². The molecule has 2 rings (SSSR count). The molecular weight excluding hydrogens is 334 g/mol. The maximum atomic E-state index is 11.1. The van der Waals surface area contributed by atoms with Crippen molar-refractivity contribution in [3.63, 3.8) is 0 Å². The minimum Gasteiger partial charge on any atom is -0.381 e. The Bertz CT molecular complexity index is 528. The van der Waals surface area contributed by atoms with Crippen molar-refractivity contribution in [2.24, 2.45) is 5.92 Å². The largest absolute Gasteiger partial charge is 0.381 e. The second-order valence-electron chi connectivity index (χ2n) is 5.95. The van der Waals surface area contributed by atoms with Crippen molar-refractivity contribution in [3.8, 4) is 0 Å². The zero-order valence-corrected chi connectivity index (χ0v) is 14.3. The second-order valence-corrected chi connectivity index (χ2v) is 6.80. The molecule has 1 atom stereocenters. The maximum absolute atomic E-state index is 11.1. The number of nitrogens with one attached hydrogen (secondary N) is 1. The highest BCUT2D eigenvalue weighted by atomic mass is 79.9. The Labute approximate surface area is 134 Å². The summed E-state index contributed by atoms with van der Waals surface area (Å²) in [5, 5.41) is 14.5. The first-order chi connectivity index (χ1) is 9.88. The molecule has 1 aliphatic heterocycles. The molecule has 1 aromatic rings. The van der Waals surface area contributed by atoms with E-state index < -0.39 is 0 Å². The Kier molecular flexibility index (Phi) is 5.22. The van der Waals surface area contributed by atoms with Crippen LogP contribution in [-0.4, -0.2) is 36.0 Å². The predicted octanol–water partition coefficient (Wildman–Crippen LogP) is 3.81. The Balaban J connectivity index is 2.11. The zero-order valence-electron chi connectivity index (χ0n) is 12.7. The average molecular weight is 356 g/mol. The monoisotopic (exact) mass is 355 g/mol. The van der Waals surface area contributed by atoms with Crippen LogP contribution >= 0.6 is 15.9 Å². The van der Waals surface area contributed by atoms with Gasteiger partial charge in [-0.1, -0.05) is 0 Å². The summed E-state index contributed by atoms with van der Waals surface area (Å²) >= 11 is 3.50. The quantitative estimate of drug-likeness (QED) is 0.658. The van der Waals surface area contributed by atoms with E-state index in [9.17, 15) is 10.1 Å². The number of anilines is 1. The zero-order chi connectivity index (χ0) is 15.6. The summed E-state index contributed by atoms with van der Waals surface area (Å²) in [6.07, 6.45) is 2.33. The lowest BCUT2D eigenvalue weighted by molar-refractivity contribution is -0.385. The summed E-state index contributed by atoms with van der Waals surface area (Å²) in [5.74, 6) is 0.605. The Morgan fingerprint density at radius 3 is 2.62 bits per heavy atom. The average Bonchev–Trinajstić information content (AvgIpc) is 2.42. The SMILES string of the molecule is Cc1cc(Br)c(NC(C)C2CCN(C)CC2)cc1[N+](=O)[O-]. The van der Waals surface area contributed by atoms with E-state index in [1.54, 1.807) is 13.0 Å². The second kappa shape index (κ2) is 6.75. The van der Waals surface area contributed by atoms with Crippen LogP contribution in [-0.2, 0) is 0 Å². The molecule has 1 unspecified atom stereocenters. The van der Waals surface area contributed by atoms with E-state index in [0.29, 0.717) is 17.5 Å². The molecule has 0 radical (unpaired) electrons. The van der Waals surface area contributed by atoms with Crippen molar-refractivity contribution >= 4 is 27.3 Å². The van der Waals surface area contributed by atoms with Crippen molar-refractivity contribution in [2.75, 3.05) is 25.5 Å². The van der Waals surface area contributed by atoms with Crippen molar-refractivity contribution in [2.45, 2.75) is 32.7 Å². The Hall–Kier alpha value is -1.14. The molecule has 0 aromatic heterocycles. The van der Waals surface area contributed by atoms with Gasteiger partial charge in [0.2, 0.25) is 0 Å². The lowest BCUT2D eigenvalue weighted by Crippen LogP contribution is -2.37. The van der Waals surface area contributed by atoms with Gasteiger partial charge in [0.05, 0.1) is 10.6 Å². The highest BCUT2D eigenvalue weighted by Crippen LogP contribution is 2.32. The number of piperidine rings is 1. The van der Waals surface area contributed by atoms with Gasteiger partial charge in [0.25, 0.3) is 5.69 Å². The van der Waals surface area contributed by atoms with Gasteiger partial charge in [-0.15, -0.1) is 0 Å². The van der Waals surface area contributed by atoms with E-state index in [1.165, 1.54) is 0 Å². The first-order valence-corrected chi connectivity index (χ1v) is 8.07. The summed E-state index contributed by atoms with van der Waals surface area (Å²) in [6, 6.07) is 3.74. The fraction of sp³-hybridized carbons (Fsp3) is 0.600. The van der Waals surface area contributed by atoms with Gasteiger partial charge in [-0.2, -0.15) is 0 Å². The number of hydrogen-bond acceptors (Lipinski definition) is 4. The first kappa shape index (κ1) is 16.2. The van der Waals surface area contributed by atoms with Crippen LogP contribution < -0.4 is 5.32 Å². The predicted molar refractivity (Wildman–Crippen MR) is 88.8 cm³/mol. The molecule has 0 spiro atoms. The summed E-state index contributed by atoms with van der Waals surface area (Å²) in [4.78, 5) is 13.1. The molecule has 1 heterocycles. The fourth-order valence-corrected chi connectivity index (χ4v) is 3.43. The van der Waals surface area contributed by atoms with Crippen LogP contribution in [0.1, 0.15) is 25.3 Å². The summed E-state index contributed by atoms with van der Waals surface area (Å²) in [6.45, 7) is 6.15. The van der Waals surface area contributed by atoms with E-state index in [2.05, 4.69) is 40.1 Å². The molecule has 0 aliphatic carbocycles. The van der Waals surface area contributed by atoms with Gasteiger partial charge in [-0.3, -0.25) is 10.1 Å². The molecular formula is C15H22BrN3O2. The van der Waals surface area contributed by atoms with Crippen LogP contribution in [0.15, 0.2) is 16.6 Å². The number of hydrogen-bond donors (Lipinski definition) is 1. The third-order valence-corrected chi connectivity index (χ3v) is 4.99.